The van der Waals surface area contributed by atoms with Crippen LogP contribution >= 0.6 is 0 Å². The van der Waals surface area contributed by atoms with Gasteiger partial charge in [0.05, 0.1) is 11.1 Å². The Bertz CT molecular complexity index is 589. The first-order chi connectivity index (χ1) is 9.20. The minimum Gasteiger partial charge on any atom is -0.366 e. The summed E-state index contributed by atoms with van der Waals surface area (Å²) in [5.74, 6) is 0.314. The molecule has 1 amide bonds. The van der Waals surface area contributed by atoms with Crippen molar-refractivity contribution in [3.8, 4) is 0 Å². The summed E-state index contributed by atoms with van der Waals surface area (Å²) in [6, 6.07) is 13.8. The van der Waals surface area contributed by atoms with Crippen molar-refractivity contribution in [1.82, 2.24) is 4.98 Å². The Morgan fingerprint density at radius 1 is 1.16 bits per heavy atom. The zero-order valence-electron chi connectivity index (χ0n) is 10.5. The van der Waals surface area contributed by atoms with E-state index in [-0.39, 0.29) is 5.54 Å². The van der Waals surface area contributed by atoms with Gasteiger partial charge in [0.15, 0.2) is 0 Å². The summed E-state index contributed by atoms with van der Waals surface area (Å²) in [5, 5.41) is 3.45. The van der Waals surface area contributed by atoms with Crippen LogP contribution in [0.1, 0.15) is 28.8 Å². The SMILES string of the molecule is NC(=O)c1ccc(NC2(c3ccccc3)CC2)nc1. The molecular formula is C15H15N3O. The monoisotopic (exact) mass is 253 g/mol. The van der Waals surface area contributed by atoms with Crippen molar-refractivity contribution < 1.29 is 4.79 Å². The summed E-state index contributed by atoms with van der Waals surface area (Å²) in [6.07, 6.45) is 3.69. The highest BCUT2D eigenvalue weighted by molar-refractivity contribution is 5.92. The standard InChI is InChI=1S/C15H15N3O/c16-14(19)11-6-7-13(17-10-11)18-15(8-9-15)12-4-2-1-3-5-12/h1-7,10H,8-9H2,(H2,16,19)(H,17,18). The van der Waals surface area contributed by atoms with Gasteiger partial charge in [-0.2, -0.15) is 0 Å². The lowest BCUT2D eigenvalue weighted by molar-refractivity contribution is 0.1000. The minimum absolute atomic E-state index is 0.00248. The number of hydrogen-bond donors (Lipinski definition) is 2. The highest BCUT2D eigenvalue weighted by atomic mass is 16.1. The first kappa shape index (κ1) is 11.7. The molecular weight excluding hydrogens is 238 g/mol. The number of anilines is 1. The highest BCUT2D eigenvalue weighted by Crippen LogP contribution is 2.47. The number of carbonyl (C=O) groups is 1. The molecule has 0 radical (unpaired) electrons. The molecule has 2 aromatic rings. The Kier molecular flexibility index (Phi) is 2.71. The van der Waals surface area contributed by atoms with E-state index in [1.54, 1.807) is 12.1 Å². The molecule has 0 atom stereocenters. The Balaban J connectivity index is 1.80. The summed E-state index contributed by atoms with van der Waals surface area (Å²) in [4.78, 5) is 15.2. The number of pyridine rings is 1. The fraction of sp³-hybridized carbons (Fsp3) is 0.200. The quantitative estimate of drug-likeness (QED) is 0.878. The highest BCUT2D eigenvalue weighted by Gasteiger charge is 2.44. The van der Waals surface area contributed by atoms with Crippen LogP contribution in [0.2, 0.25) is 0 Å². The molecule has 3 rings (SSSR count). The molecule has 0 unspecified atom stereocenters. The van der Waals surface area contributed by atoms with Gasteiger partial charge < -0.3 is 11.1 Å². The molecule has 1 aromatic carbocycles. The number of primary amides is 1. The van der Waals surface area contributed by atoms with Gasteiger partial charge in [-0.05, 0) is 30.5 Å². The normalized spacial score (nSPS) is 15.8. The van der Waals surface area contributed by atoms with Gasteiger partial charge in [-0.25, -0.2) is 4.98 Å². The zero-order valence-corrected chi connectivity index (χ0v) is 10.5. The first-order valence-corrected chi connectivity index (χ1v) is 6.29. The third-order valence-corrected chi connectivity index (χ3v) is 3.49. The molecule has 0 saturated heterocycles. The number of hydrogen-bond acceptors (Lipinski definition) is 3. The van der Waals surface area contributed by atoms with Gasteiger partial charge in [-0.3, -0.25) is 4.79 Å². The number of nitrogens with zero attached hydrogens (tertiary/aromatic N) is 1. The van der Waals surface area contributed by atoms with E-state index in [0.717, 1.165) is 18.7 Å². The van der Waals surface area contributed by atoms with Crippen molar-refractivity contribution in [3.63, 3.8) is 0 Å². The van der Waals surface area contributed by atoms with Crippen LogP contribution in [0.3, 0.4) is 0 Å². The van der Waals surface area contributed by atoms with E-state index in [2.05, 4.69) is 22.4 Å². The number of benzene rings is 1. The Morgan fingerprint density at radius 3 is 2.42 bits per heavy atom. The second-order valence-corrected chi connectivity index (χ2v) is 4.87. The summed E-state index contributed by atoms with van der Waals surface area (Å²) in [5.41, 5.74) is 6.90. The number of rotatable bonds is 4. The topological polar surface area (TPSA) is 68.0 Å². The van der Waals surface area contributed by atoms with E-state index in [1.165, 1.54) is 11.8 Å². The maximum Gasteiger partial charge on any atom is 0.250 e. The fourth-order valence-corrected chi connectivity index (χ4v) is 2.23. The molecule has 1 saturated carbocycles. The first-order valence-electron chi connectivity index (χ1n) is 6.29. The largest absolute Gasteiger partial charge is 0.366 e. The second kappa shape index (κ2) is 4.39. The molecule has 4 heteroatoms. The average Bonchev–Trinajstić information content (AvgIpc) is 3.21. The summed E-state index contributed by atoms with van der Waals surface area (Å²) in [7, 11) is 0. The summed E-state index contributed by atoms with van der Waals surface area (Å²) >= 11 is 0. The lowest BCUT2D eigenvalue weighted by atomic mass is 10.1. The van der Waals surface area contributed by atoms with Crippen LogP contribution in [-0.2, 0) is 5.54 Å². The molecule has 3 N–H and O–H groups in total. The Hall–Kier alpha value is -2.36. The van der Waals surface area contributed by atoms with Gasteiger partial charge in [0, 0.05) is 6.20 Å². The Labute approximate surface area is 111 Å². The predicted molar refractivity (Wildman–Crippen MR) is 73.7 cm³/mol. The van der Waals surface area contributed by atoms with Crippen LogP contribution in [0, 0.1) is 0 Å². The van der Waals surface area contributed by atoms with Gasteiger partial charge in [0.2, 0.25) is 5.91 Å². The number of nitrogens with one attached hydrogen (secondary N) is 1. The van der Waals surface area contributed by atoms with Gasteiger partial charge in [0.1, 0.15) is 5.82 Å². The predicted octanol–water partition coefficient (Wildman–Crippen LogP) is 2.28. The molecule has 1 heterocycles. The smallest absolute Gasteiger partial charge is 0.250 e. The van der Waals surface area contributed by atoms with Crippen molar-refractivity contribution in [1.29, 1.82) is 0 Å². The zero-order chi connectivity index (χ0) is 13.3. The number of amides is 1. The Morgan fingerprint density at radius 2 is 1.89 bits per heavy atom. The average molecular weight is 253 g/mol. The molecule has 19 heavy (non-hydrogen) atoms. The molecule has 0 bridgehead atoms. The van der Waals surface area contributed by atoms with Crippen LogP contribution < -0.4 is 11.1 Å². The summed E-state index contributed by atoms with van der Waals surface area (Å²) < 4.78 is 0. The van der Waals surface area contributed by atoms with Crippen LogP contribution in [0.5, 0.6) is 0 Å². The van der Waals surface area contributed by atoms with Gasteiger partial charge in [-0.15, -0.1) is 0 Å². The van der Waals surface area contributed by atoms with E-state index < -0.39 is 5.91 Å². The van der Waals surface area contributed by atoms with Crippen molar-refractivity contribution >= 4 is 11.7 Å². The van der Waals surface area contributed by atoms with Gasteiger partial charge in [0.25, 0.3) is 0 Å². The van der Waals surface area contributed by atoms with E-state index >= 15 is 0 Å². The molecule has 96 valence electrons. The van der Waals surface area contributed by atoms with E-state index in [4.69, 9.17) is 5.73 Å². The van der Waals surface area contributed by atoms with Crippen molar-refractivity contribution in [2.45, 2.75) is 18.4 Å². The van der Waals surface area contributed by atoms with E-state index in [9.17, 15) is 4.79 Å². The second-order valence-electron chi connectivity index (χ2n) is 4.87. The minimum atomic E-state index is -0.455. The lowest BCUT2D eigenvalue weighted by Crippen LogP contribution is -2.19. The molecule has 1 fully saturated rings. The van der Waals surface area contributed by atoms with E-state index in [1.807, 2.05) is 18.2 Å². The molecule has 0 aliphatic heterocycles. The molecule has 1 aliphatic carbocycles. The molecule has 4 nitrogen and oxygen atoms in total. The van der Waals surface area contributed by atoms with Crippen LogP contribution in [-0.4, -0.2) is 10.9 Å². The third kappa shape index (κ3) is 2.29. The van der Waals surface area contributed by atoms with Crippen molar-refractivity contribution in [3.05, 3.63) is 59.8 Å². The third-order valence-electron chi connectivity index (χ3n) is 3.49. The van der Waals surface area contributed by atoms with Gasteiger partial charge >= 0.3 is 0 Å². The van der Waals surface area contributed by atoms with Crippen molar-refractivity contribution in [2.75, 3.05) is 5.32 Å². The van der Waals surface area contributed by atoms with Crippen molar-refractivity contribution in [2.24, 2.45) is 5.73 Å². The maximum atomic E-state index is 11.0. The lowest BCUT2D eigenvalue weighted by Gasteiger charge is -2.18. The van der Waals surface area contributed by atoms with Crippen LogP contribution in [0.25, 0.3) is 0 Å². The van der Waals surface area contributed by atoms with Gasteiger partial charge in [-0.1, -0.05) is 30.3 Å². The van der Waals surface area contributed by atoms with E-state index in [0.29, 0.717) is 5.56 Å². The maximum absolute atomic E-state index is 11.0. The number of nitrogens with two attached hydrogens (primary N) is 1. The molecule has 1 aliphatic rings. The van der Waals surface area contributed by atoms with Crippen LogP contribution in [0.4, 0.5) is 5.82 Å². The fourth-order valence-electron chi connectivity index (χ4n) is 2.23. The van der Waals surface area contributed by atoms with Crippen LogP contribution in [0.15, 0.2) is 48.7 Å². The number of carbonyl (C=O) groups excluding carboxylic acids is 1. The molecule has 0 spiro atoms. The molecule has 1 aromatic heterocycles. The number of aromatic nitrogens is 1. The summed E-state index contributed by atoms with van der Waals surface area (Å²) in [6.45, 7) is 0.